The van der Waals surface area contributed by atoms with Crippen LogP contribution < -0.4 is 10.2 Å². The van der Waals surface area contributed by atoms with E-state index in [0.717, 1.165) is 10.6 Å². The molecule has 0 fully saturated rings. The third-order valence-electron chi connectivity index (χ3n) is 3.70. The third kappa shape index (κ3) is 3.59. The van der Waals surface area contributed by atoms with Crippen LogP contribution in [0.3, 0.4) is 0 Å². The number of thioether (sulfide) groups is 1. The van der Waals surface area contributed by atoms with E-state index < -0.39 is 11.7 Å². The van der Waals surface area contributed by atoms with E-state index in [0.29, 0.717) is 6.42 Å². The van der Waals surface area contributed by atoms with E-state index in [2.05, 4.69) is 5.32 Å². The topological polar surface area (TPSA) is 49.4 Å². The number of hydrogen-bond acceptors (Lipinski definition) is 3. The number of nitrogens with zero attached hydrogens (tertiary/aromatic N) is 1. The fourth-order valence-corrected chi connectivity index (χ4v) is 3.71. The summed E-state index contributed by atoms with van der Waals surface area (Å²) in [5, 5.41) is 2.66. The second-order valence-electron chi connectivity index (χ2n) is 5.61. The number of benzene rings is 2. The number of carbonyl (C=O) groups is 2. The molecule has 0 unspecified atom stereocenters. The standard InChI is InChI=1S/C18H17FN2O2S/c1-12-10-18(23)21(15-8-4-5-9-16(15)24-12)11-17(22)20-14-7-3-2-6-13(14)19/h2-9,12H,10-11H2,1H3,(H,20,22)/t12-/m0/s1. The summed E-state index contributed by atoms with van der Waals surface area (Å²) in [6, 6.07) is 13.5. The number of hydrogen-bond donors (Lipinski definition) is 1. The van der Waals surface area contributed by atoms with Crippen molar-refractivity contribution < 1.29 is 14.0 Å². The molecule has 0 aliphatic carbocycles. The number of amides is 2. The Morgan fingerprint density at radius 1 is 1.25 bits per heavy atom. The Kier molecular flexibility index (Phi) is 4.85. The molecule has 2 amide bonds. The Morgan fingerprint density at radius 3 is 2.75 bits per heavy atom. The Balaban J connectivity index is 1.81. The zero-order valence-corrected chi connectivity index (χ0v) is 14.0. The molecule has 124 valence electrons. The quantitative estimate of drug-likeness (QED) is 0.924. The zero-order chi connectivity index (χ0) is 17.1. The van der Waals surface area contributed by atoms with E-state index in [1.807, 2.05) is 31.2 Å². The minimum Gasteiger partial charge on any atom is -0.322 e. The van der Waals surface area contributed by atoms with Crippen molar-refractivity contribution in [3.05, 3.63) is 54.3 Å². The van der Waals surface area contributed by atoms with Gasteiger partial charge in [-0.05, 0) is 24.3 Å². The second-order valence-corrected chi connectivity index (χ2v) is 7.09. The molecule has 0 saturated carbocycles. The van der Waals surface area contributed by atoms with Gasteiger partial charge < -0.3 is 10.2 Å². The first kappa shape index (κ1) is 16.5. The lowest BCUT2D eigenvalue weighted by molar-refractivity contribution is -0.121. The van der Waals surface area contributed by atoms with E-state index in [9.17, 15) is 14.0 Å². The summed E-state index contributed by atoms with van der Waals surface area (Å²) >= 11 is 1.62. The van der Waals surface area contributed by atoms with Crippen LogP contribution in [0, 0.1) is 5.82 Å². The maximum Gasteiger partial charge on any atom is 0.244 e. The van der Waals surface area contributed by atoms with Crippen LogP contribution in [-0.4, -0.2) is 23.6 Å². The third-order valence-corrected chi connectivity index (χ3v) is 4.87. The van der Waals surface area contributed by atoms with Crippen molar-refractivity contribution in [1.29, 1.82) is 0 Å². The molecule has 6 heteroatoms. The lowest BCUT2D eigenvalue weighted by atomic mass is 10.2. The summed E-state index contributed by atoms with van der Waals surface area (Å²) in [6.07, 6.45) is 0.353. The van der Waals surface area contributed by atoms with E-state index in [1.165, 1.54) is 17.0 Å². The van der Waals surface area contributed by atoms with Gasteiger partial charge in [-0.25, -0.2) is 4.39 Å². The largest absolute Gasteiger partial charge is 0.322 e. The molecular weight excluding hydrogens is 327 g/mol. The lowest BCUT2D eigenvalue weighted by Crippen LogP contribution is -2.38. The summed E-state index contributed by atoms with van der Waals surface area (Å²) in [5.41, 5.74) is 0.835. The highest BCUT2D eigenvalue weighted by Gasteiger charge is 2.27. The van der Waals surface area contributed by atoms with Gasteiger partial charge in [-0.15, -0.1) is 11.8 Å². The number of carbonyl (C=O) groups excluding carboxylic acids is 2. The maximum absolute atomic E-state index is 13.7. The second kappa shape index (κ2) is 7.05. The van der Waals surface area contributed by atoms with E-state index >= 15 is 0 Å². The summed E-state index contributed by atoms with van der Waals surface area (Å²) in [7, 11) is 0. The highest BCUT2D eigenvalue weighted by Crippen LogP contribution is 2.37. The fourth-order valence-electron chi connectivity index (χ4n) is 2.60. The molecule has 4 nitrogen and oxygen atoms in total. The van der Waals surface area contributed by atoms with Gasteiger partial charge in [-0.1, -0.05) is 31.2 Å². The molecule has 1 aliphatic heterocycles. The predicted octanol–water partition coefficient (Wildman–Crippen LogP) is 3.68. The van der Waals surface area contributed by atoms with Crippen LogP contribution in [0.5, 0.6) is 0 Å². The molecule has 0 spiro atoms. The van der Waals surface area contributed by atoms with E-state index in [4.69, 9.17) is 0 Å². The van der Waals surface area contributed by atoms with Crippen LogP contribution >= 0.6 is 11.8 Å². The van der Waals surface area contributed by atoms with Crippen LogP contribution in [0.25, 0.3) is 0 Å². The minimum atomic E-state index is -0.502. The SMILES string of the molecule is C[C@H]1CC(=O)N(CC(=O)Nc2ccccc2F)c2ccccc2S1. The molecule has 1 heterocycles. The van der Waals surface area contributed by atoms with Crippen molar-refractivity contribution in [3.63, 3.8) is 0 Å². The van der Waals surface area contributed by atoms with Crippen molar-refractivity contribution in [1.82, 2.24) is 0 Å². The van der Waals surface area contributed by atoms with Crippen molar-refractivity contribution in [2.45, 2.75) is 23.5 Å². The molecule has 2 aromatic carbocycles. The number of fused-ring (bicyclic) bond motifs is 1. The van der Waals surface area contributed by atoms with Gasteiger partial charge in [0.2, 0.25) is 11.8 Å². The molecule has 0 aromatic heterocycles. The summed E-state index contributed by atoms with van der Waals surface area (Å²) in [5.74, 6) is -1.04. The van der Waals surface area contributed by atoms with Gasteiger partial charge in [-0.3, -0.25) is 9.59 Å². The number of nitrogens with one attached hydrogen (secondary N) is 1. The van der Waals surface area contributed by atoms with Gasteiger partial charge in [0.25, 0.3) is 0 Å². The molecule has 2 aromatic rings. The van der Waals surface area contributed by atoms with Gasteiger partial charge >= 0.3 is 0 Å². The molecular formula is C18H17FN2O2S. The molecule has 0 bridgehead atoms. The summed E-state index contributed by atoms with van der Waals surface area (Å²) in [6.45, 7) is 1.85. The Labute approximate surface area is 144 Å². The van der Waals surface area contributed by atoms with Crippen molar-refractivity contribution in [2.75, 3.05) is 16.8 Å². The molecule has 0 saturated heterocycles. The smallest absolute Gasteiger partial charge is 0.244 e. The number of halogens is 1. The van der Waals surface area contributed by atoms with E-state index in [1.54, 1.807) is 23.9 Å². The van der Waals surface area contributed by atoms with Crippen LogP contribution in [0.2, 0.25) is 0 Å². The van der Waals surface area contributed by atoms with Crippen molar-refractivity contribution in [3.8, 4) is 0 Å². The normalized spacial score (nSPS) is 17.2. The Hall–Kier alpha value is -2.34. The van der Waals surface area contributed by atoms with E-state index in [-0.39, 0.29) is 23.4 Å². The minimum absolute atomic E-state index is 0.108. The molecule has 1 aliphatic rings. The van der Waals surface area contributed by atoms with Gasteiger partial charge in [0, 0.05) is 16.6 Å². The van der Waals surface area contributed by atoms with Gasteiger partial charge in [-0.2, -0.15) is 0 Å². The highest BCUT2D eigenvalue weighted by molar-refractivity contribution is 8.00. The van der Waals surface area contributed by atoms with Crippen molar-refractivity contribution >= 4 is 35.0 Å². The van der Waals surface area contributed by atoms with Gasteiger partial charge in [0.05, 0.1) is 11.4 Å². The molecule has 24 heavy (non-hydrogen) atoms. The Bertz CT molecular complexity index is 781. The number of para-hydroxylation sites is 2. The lowest BCUT2D eigenvalue weighted by Gasteiger charge is -2.22. The number of anilines is 2. The highest BCUT2D eigenvalue weighted by atomic mass is 32.2. The van der Waals surface area contributed by atoms with Crippen molar-refractivity contribution in [2.24, 2.45) is 0 Å². The van der Waals surface area contributed by atoms with Crippen LogP contribution in [-0.2, 0) is 9.59 Å². The average Bonchev–Trinajstić information content (AvgIpc) is 2.66. The zero-order valence-electron chi connectivity index (χ0n) is 13.2. The first-order chi connectivity index (χ1) is 11.5. The first-order valence-corrected chi connectivity index (χ1v) is 8.53. The number of rotatable bonds is 3. The summed E-state index contributed by atoms with van der Waals surface area (Å²) < 4.78 is 13.7. The molecule has 1 N–H and O–H groups in total. The van der Waals surface area contributed by atoms with Gasteiger partial charge in [0.15, 0.2) is 0 Å². The fraction of sp³-hybridized carbons (Fsp3) is 0.222. The summed E-state index contributed by atoms with van der Waals surface area (Å²) in [4.78, 5) is 27.2. The molecule has 3 rings (SSSR count). The molecule has 0 radical (unpaired) electrons. The first-order valence-electron chi connectivity index (χ1n) is 7.65. The maximum atomic E-state index is 13.7. The Morgan fingerprint density at radius 2 is 1.96 bits per heavy atom. The van der Waals surface area contributed by atoms with Crippen LogP contribution in [0.1, 0.15) is 13.3 Å². The molecule has 1 atom stereocenters. The van der Waals surface area contributed by atoms with Gasteiger partial charge in [0.1, 0.15) is 12.4 Å². The average molecular weight is 344 g/mol. The van der Waals surface area contributed by atoms with Crippen LogP contribution in [0.4, 0.5) is 15.8 Å². The predicted molar refractivity (Wildman–Crippen MR) is 93.8 cm³/mol. The van der Waals surface area contributed by atoms with Crippen LogP contribution in [0.15, 0.2) is 53.4 Å². The monoisotopic (exact) mass is 344 g/mol.